The van der Waals surface area contributed by atoms with Crippen LogP contribution in [0.25, 0.3) is 0 Å². The fraction of sp³-hybridized carbons (Fsp3) is 0.833. The van der Waals surface area contributed by atoms with E-state index >= 15 is 0 Å². The molecule has 0 aromatic carbocycles. The third-order valence-electron chi connectivity index (χ3n) is 3.64. The molecule has 17 heavy (non-hydrogen) atoms. The Labute approximate surface area is 102 Å². The van der Waals surface area contributed by atoms with Gasteiger partial charge < -0.3 is 15.2 Å². The third-order valence-corrected chi connectivity index (χ3v) is 3.64. The van der Waals surface area contributed by atoms with Gasteiger partial charge in [-0.05, 0) is 26.7 Å². The zero-order valence-corrected chi connectivity index (χ0v) is 10.7. The second-order valence-electron chi connectivity index (χ2n) is 4.92. The molecular formula is C12H21NO4. The van der Waals surface area contributed by atoms with Crippen molar-refractivity contribution in [2.75, 3.05) is 7.11 Å². The van der Waals surface area contributed by atoms with Gasteiger partial charge in [-0.1, -0.05) is 12.8 Å². The van der Waals surface area contributed by atoms with Gasteiger partial charge in [0.05, 0.1) is 11.5 Å². The maximum Gasteiger partial charge on any atom is 0.308 e. The summed E-state index contributed by atoms with van der Waals surface area (Å²) < 4.78 is 4.93. The van der Waals surface area contributed by atoms with E-state index in [4.69, 9.17) is 4.74 Å². The van der Waals surface area contributed by atoms with E-state index in [0.717, 1.165) is 12.8 Å². The number of ether oxygens (including phenoxy) is 1. The number of amides is 1. The van der Waals surface area contributed by atoms with Crippen LogP contribution in [0.5, 0.6) is 0 Å². The van der Waals surface area contributed by atoms with E-state index in [-0.39, 0.29) is 5.91 Å². The first kappa shape index (κ1) is 14.0. The van der Waals surface area contributed by atoms with Crippen LogP contribution in [0.3, 0.4) is 0 Å². The first-order chi connectivity index (χ1) is 7.90. The van der Waals surface area contributed by atoms with E-state index in [2.05, 4.69) is 5.32 Å². The predicted octanol–water partition coefficient (Wildman–Crippen LogP) is 1.17. The molecule has 3 atom stereocenters. The molecule has 1 aliphatic rings. The Hall–Kier alpha value is -1.10. The number of hydrogen-bond acceptors (Lipinski definition) is 3. The predicted molar refractivity (Wildman–Crippen MR) is 62.6 cm³/mol. The summed E-state index contributed by atoms with van der Waals surface area (Å²) in [6.45, 7) is 3.46. The average molecular weight is 243 g/mol. The van der Waals surface area contributed by atoms with Gasteiger partial charge >= 0.3 is 5.97 Å². The maximum atomic E-state index is 11.8. The summed E-state index contributed by atoms with van der Waals surface area (Å²) in [5.74, 6) is -1.59. The maximum absolute atomic E-state index is 11.8. The Bertz CT molecular complexity index is 305. The average Bonchev–Trinajstić information content (AvgIpc) is 2.27. The number of aliphatic carboxylic acids is 1. The van der Waals surface area contributed by atoms with Gasteiger partial charge in [-0.2, -0.15) is 0 Å². The van der Waals surface area contributed by atoms with E-state index in [1.54, 1.807) is 6.92 Å². The summed E-state index contributed by atoms with van der Waals surface area (Å²) in [7, 11) is 1.46. The number of carbonyl (C=O) groups excluding carboxylic acids is 1. The number of carboxylic acid groups (broad SMARTS) is 1. The van der Waals surface area contributed by atoms with Gasteiger partial charge in [0.2, 0.25) is 5.91 Å². The van der Waals surface area contributed by atoms with E-state index in [9.17, 15) is 14.7 Å². The molecule has 1 rings (SSSR count). The zero-order chi connectivity index (χ0) is 13.1. The van der Waals surface area contributed by atoms with Crippen molar-refractivity contribution in [3.8, 4) is 0 Å². The molecule has 5 nitrogen and oxygen atoms in total. The Morgan fingerprint density at radius 2 is 2.12 bits per heavy atom. The molecule has 1 saturated carbocycles. The Balaban J connectivity index is 2.76. The molecule has 0 spiro atoms. The second kappa shape index (κ2) is 5.49. The van der Waals surface area contributed by atoms with Gasteiger partial charge in [-0.3, -0.25) is 9.59 Å². The minimum absolute atomic E-state index is 0.247. The highest BCUT2D eigenvalue weighted by molar-refractivity contribution is 5.82. The summed E-state index contributed by atoms with van der Waals surface area (Å²) in [6.07, 6.45) is 2.62. The number of carbonyl (C=O) groups is 2. The first-order valence-corrected chi connectivity index (χ1v) is 5.98. The third kappa shape index (κ3) is 3.19. The fourth-order valence-electron chi connectivity index (χ4n) is 2.37. The Kier molecular flexibility index (Phi) is 4.51. The van der Waals surface area contributed by atoms with Gasteiger partial charge in [0.1, 0.15) is 6.10 Å². The lowest BCUT2D eigenvalue weighted by Crippen LogP contribution is -2.57. The van der Waals surface area contributed by atoms with Crippen molar-refractivity contribution >= 4 is 11.9 Å². The molecule has 2 N–H and O–H groups in total. The molecular weight excluding hydrogens is 222 g/mol. The van der Waals surface area contributed by atoms with Crippen LogP contribution < -0.4 is 5.32 Å². The van der Waals surface area contributed by atoms with Gasteiger partial charge in [0.15, 0.2) is 0 Å². The SMILES string of the molecule is COC(C)C(=O)NC1(C)CCCCC1C(=O)O. The van der Waals surface area contributed by atoms with Crippen LogP contribution in [0.2, 0.25) is 0 Å². The van der Waals surface area contributed by atoms with Gasteiger partial charge in [0, 0.05) is 7.11 Å². The molecule has 3 unspecified atom stereocenters. The van der Waals surface area contributed by atoms with Crippen LogP contribution in [0.4, 0.5) is 0 Å². The lowest BCUT2D eigenvalue weighted by atomic mass is 9.74. The molecule has 5 heteroatoms. The zero-order valence-electron chi connectivity index (χ0n) is 10.7. The lowest BCUT2D eigenvalue weighted by Gasteiger charge is -2.40. The minimum Gasteiger partial charge on any atom is -0.481 e. The van der Waals surface area contributed by atoms with Crippen LogP contribution in [0, 0.1) is 5.92 Å². The molecule has 0 heterocycles. The smallest absolute Gasteiger partial charge is 0.308 e. The topological polar surface area (TPSA) is 75.6 Å². The van der Waals surface area contributed by atoms with Crippen molar-refractivity contribution in [1.29, 1.82) is 0 Å². The summed E-state index contributed by atoms with van der Waals surface area (Å²) in [5.41, 5.74) is -0.659. The van der Waals surface area contributed by atoms with Gasteiger partial charge in [-0.15, -0.1) is 0 Å². The normalized spacial score (nSPS) is 30.6. The van der Waals surface area contributed by atoms with Crippen molar-refractivity contribution in [2.24, 2.45) is 5.92 Å². The number of nitrogens with one attached hydrogen (secondary N) is 1. The fourth-order valence-corrected chi connectivity index (χ4v) is 2.37. The van der Waals surface area contributed by atoms with Crippen molar-refractivity contribution < 1.29 is 19.4 Å². The van der Waals surface area contributed by atoms with Crippen molar-refractivity contribution in [1.82, 2.24) is 5.32 Å². The monoisotopic (exact) mass is 243 g/mol. The number of rotatable bonds is 4. The first-order valence-electron chi connectivity index (χ1n) is 5.98. The van der Waals surface area contributed by atoms with Crippen LogP contribution >= 0.6 is 0 Å². The van der Waals surface area contributed by atoms with E-state index in [0.29, 0.717) is 12.8 Å². The molecule has 1 fully saturated rings. The van der Waals surface area contributed by atoms with Crippen LogP contribution in [-0.4, -0.2) is 35.7 Å². The molecule has 0 bridgehead atoms. The largest absolute Gasteiger partial charge is 0.481 e. The number of methoxy groups -OCH3 is 1. The van der Waals surface area contributed by atoms with Crippen molar-refractivity contribution in [2.45, 2.75) is 51.2 Å². The highest BCUT2D eigenvalue weighted by Gasteiger charge is 2.42. The summed E-state index contributed by atoms with van der Waals surface area (Å²) >= 11 is 0. The van der Waals surface area contributed by atoms with E-state index in [1.165, 1.54) is 7.11 Å². The molecule has 0 aromatic heterocycles. The van der Waals surface area contributed by atoms with E-state index < -0.39 is 23.5 Å². The molecule has 0 aliphatic heterocycles. The summed E-state index contributed by atoms with van der Waals surface area (Å²) in [6, 6.07) is 0. The van der Waals surface area contributed by atoms with Crippen molar-refractivity contribution in [3.63, 3.8) is 0 Å². The molecule has 98 valence electrons. The van der Waals surface area contributed by atoms with Crippen LogP contribution in [0.1, 0.15) is 39.5 Å². The Morgan fingerprint density at radius 1 is 1.47 bits per heavy atom. The molecule has 1 aliphatic carbocycles. The molecule has 1 amide bonds. The van der Waals surface area contributed by atoms with Crippen molar-refractivity contribution in [3.05, 3.63) is 0 Å². The van der Waals surface area contributed by atoms with Crippen LogP contribution in [-0.2, 0) is 14.3 Å². The second-order valence-corrected chi connectivity index (χ2v) is 4.92. The van der Waals surface area contributed by atoms with Gasteiger partial charge in [-0.25, -0.2) is 0 Å². The van der Waals surface area contributed by atoms with E-state index in [1.807, 2.05) is 6.92 Å². The standard InChI is InChI=1S/C12H21NO4/c1-8(17-3)10(14)13-12(2)7-5-4-6-9(12)11(15)16/h8-9H,4-7H2,1-3H3,(H,13,14)(H,15,16). The molecule has 0 radical (unpaired) electrons. The lowest BCUT2D eigenvalue weighted by molar-refractivity contribution is -0.147. The summed E-state index contributed by atoms with van der Waals surface area (Å²) in [4.78, 5) is 23.0. The minimum atomic E-state index is -0.836. The highest BCUT2D eigenvalue weighted by Crippen LogP contribution is 2.33. The highest BCUT2D eigenvalue weighted by atomic mass is 16.5. The summed E-state index contributed by atoms with van der Waals surface area (Å²) in [5, 5.41) is 12.0. The quantitative estimate of drug-likeness (QED) is 0.777. The molecule has 0 aromatic rings. The molecule has 0 saturated heterocycles. The van der Waals surface area contributed by atoms with Crippen LogP contribution in [0.15, 0.2) is 0 Å². The Morgan fingerprint density at radius 3 is 2.65 bits per heavy atom. The number of carboxylic acids is 1. The van der Waals surface area contributed by atoms with Gasteiger partial charge in [0.25, 0.3) is 0 Å². The number of hydrogen-bond donors (Lipinski definition) is 2.